The number of carbonyl (C=O) groups excluding carboxylic acids is 4. The van der Waals surface area contributed by atoms with Gasteiger partial charge in [-0.15, -0.1) is 0 Å². The van der Waals surface area contributed by atoms with Crippen LogP contribution in [0.2, 0.25) is 0 Å². The number of ether oxygens (including phenoxy) is 7. The van der Waals surface area contributed by atoms with E-state index in [0.29, 0.717) is 12.0 Å². The van der Waals surface area contributed by atoms with Gasteiger partial charge in [0.1, 0.15) is 24.1 Å². The maximum absolute atomic E-state index is 14.2. The molecular weight excluding hydrogens is 720 g/mol. The zero-order valence-electron chi connectivity index (χ0n) is 33.7. The number of fused-ring (bicyclic) bond motifs is 1. The number of cyclic esters (lactones) is 1. The molecular formula is C39H58N2O14. The number of carbonyl (C=O) groups is 4. The number of Topliss-reactive ketones (excluding diaryl/α,β-unsaturated/α-hetero) is 1. The highest BCUT2D eigenvalue weighted by Gasteiger charge is 2.59. The minimum absolute atomic E-state index is 0.0644. The molecule has 16 nitrogen and oxygen atoms in total. The minimum Gasteiger partial charge on any atom is -0.461 e. The van der Waals surface area contributed by atoms with Crippen molar-refractivity contribution >= 4 is 29.6 Å². The van der Waals surface area contributed by atoms with Crippen molar-refractivity contribution in [2.45, 2.75) is 141 Å². The molecule has 3 aliphatic rings. The van der Waals surface area contributed by atoms with Crippen LogP contribution in [0.25, 0.3) is 0 Å². The highest BCUT2D eigenvalue weighted by Crippen LogP contribution is 2.43. The van der Waals surface area contributed by atoms with Crippen LogP contribution in [-0.2, 0) is 54.0 Å². The fourth-order valence-corrected chi connectivity index (χ4v) is 8.50. The number of aliphatic hydroxyl groups excluding tert-OH is 1. The quantitative estimate of drug-likeness (QED) is 0.160. The van der Waals surface area contributed by atoms with Crippen molar-refractivity contribution in [2.24, 2.45) is 23.7 Å². The summed E-state index contributed by atoms with van der Waals surface area (Å²) in [6.07, 6.45) is -7.59. The van der Waals surface area contributed by atoms with Crippen LogP contribution in [0.1, 0.15) is 80.2 Å². The first-order valence-corrected chi connectivity index (χ1v) is 18.9. The van der Waals surface area contributed by atoms with Crippen LogP contribution in [0.15, 0.2) is 24.3 Å². The molecule has 0 aromatic heterocycles. The molecule has 0 amide bonds. The van der Waals surface area contributed by atoms with E-state index in [1.165, 1.54) is 31.4 Å². The number of nitro groups is 1. The number of non-ortho nitro benzene ring substituents is 1. The summed E-state index contributed by atoms with van der Waals surface area (Å²) in [6, 6.07) is 5.11. The lowest BCUT2D eigenvalue weighted by Crippen LogP contribution is -2.60. The Morgan fingerprint density at radius 1 is 1.04 bits per heavy atom. The predicted octanol–water partition coefficient (Wildman–Crippen LogP) is 4.40. The first-order chi connectivity index (χ1) is 25.7. The van der Waals surface area contributed by atoms with Crippen LogP contribution < -0.4 is 0 Å². The van der Waals surface area contributed by atoms with Crippen molar-refractivity contribution < 1.29 is 62.4 Å². The molecule has 0 spiro atoms. The molecule has 308 valence electrons. The van der Waals surface area contributed by atoms with Gasteiger partial charge in [0.05, 0.1) is 41.0 Å². The summed E-state index contributed by atoms with van der Waals surface area (Å²) < 4.78 is 42.6. The Hall–Kier alpha value is -3.70. The highest BCUT2D eigenvalue weighted by molar-refractivity contribution is 5.84. The Bertz CT molecular complexity index is 1550. The summed E-state index contributed by atoms with van der Waals surface area (Å²) in [4.78, 5) is 67.4. The molecule has 0 aliphatic carbocycles. The van der Waals surface area contributed by atoms with Gasteiger partial charge in [-0.3, -0.25) is 24.5 Å². The second-order valence-corrected chi connectivity index (χ2v) is 16.1. The van der Waals surface area contributed by atoms with Gasteiger partial charge in [0.25, 0.3) is 5.69 Å². The summed E-state index contributed by atoms with van der Waals surface area (Å²) in [5.74, 6) is -5.41. The average Bonchev–Trinajstić information content (AvgIpc) is 3.45. The Labute approximate surface area is 322 Å². The van der Waals surface area contributed by atoms with Crippen LogP contribution in [0.4, 0.5) is 10.5 Å². The lowest BCUT2D eigenvalue weighted by Gasteiger charge is -2.48. The summed E-state index contributed by atoms with van der Waals surface area (Å²) in [5, 5.41) is 22.8. The Morgan fingerprint density at radius 2 is 1.67 bits per heavy atom. The average molecular weight is 779 g/mol. The molecule has 0 radical (unpaired) electrons. The number of benzene rings is 1. The molecule has 4 rings (SSSR count). The van der Waals surface area contributed by atoms with Crippen molar-refractivity contribution in [3.63, 3.8) is 0 Å². The number of methoxy groups -OCH3 is 1. The SMILES string of the molecule is CC[C@H]1OC(=O)[C@H](C)[C@@H](OC(=O)Cc2ccc([N+](=O)[O-])cc2)[C@H](C)[C@@H](O[C@@H]2O[C@H](C)C[C@H](N(C)C)[C@H]2O)[C@](C)(OC)C[C@@H](C)C(=O)[C@H](C)[C@H]2OC(=O)O[C@@]21C. The fraction of sp³-hybridized carbons (Fsp3) is 0.744. The van der Waals surface area contributed by atoms with Crippen LogP contribution in [-0.4, -0.2) is 120 Å². The van der Waals surface area contributed by atoms with E-state index in [9.17, 15) is 34.4 Å². The molecule has 3 aliphatic heterocycles. The summed E-state index contributed by atoms with van der Waals surface area (Å²) in [7, 11) is 5.14. The van der Waals surface area contributed by atoms with Crippen molar-refractivity contribution in [1.29, 1.82) is 0 Å². The molecule has 1 N–H and O–H groups in total. The Morgan fingerprint density at radius 3 is 2.24 bits per heavy atom. The standard InChI is InChI=1S/C39H58N2O14/c1-12-28-39(8)34(54-37(46)55-39)22(4)30(43)20(2)19-38(7,49-11)33(53-36-31(44)27(40(9)10)17-21(3)50-36)23(5)32(24(6)35(45)51-28)52-29(42)18-25-13-15-26(16-14-25)41(47)48/h13-16,20-24,27-28,31-34,36,44H,12,17-19H2,1-11H3/t20-,21-,22+,23+,24-,27+,28-,31-,32+,33-,34-,36+,38-,39-/m1/s1. The molecule has 0 bridgehead atoms. The zero-order chi connectivity index (χ0) is 41.2. The number of hydrogen-bond acceptors (Lipinski definition) is 15. The summed E-state index contributed by atoms with van der Waals surface area (Å²) in [5.41, 5.74) is -2.57. The van der Waals surface area contributed by atoms with E-state index < -0.39 is 94.7 Å². The number of ketones is 1. The van der Waals surface area contributed by atoms with Gasteiger partial charge in [-0.05, 0) is 66.6 Å². The van der Waals surface area contributed by atoms with Gasteiger partial charge in [-0.2, -0.15) is 0 Å². The van der Waals surface area contributed by atoms with E-state index in [0.717, 1.165) is 0 Å². The van der Waals surface area contributed by atoms with Gasteiger partial charge in [0, 0.05) is 37.1 Å². The third kappa shape index (κ3) is 9.47. The first-order valence-electron chi connectivity index (χ1n) is 18.9. The van der Waals surface area contributed by atoms with E-state index in [2.05, 4.69) is 0 Å². The molecule has 16 heteroatoms. The summed E-state index contributed by atoms with van der Waals surface area (Å²) >= 11 is 0. The highest BCUT2D eigenvalue weighted by atomic mass is 16.8. The molecule has 3 fully saturated rings. The first kappa shape index (κ1) is 44.0. The van der Waals surface area contributed by atoms with Crippen molar-refractivity contribution in [3.8, 4) is 0 Å². The zero-order valence-corrected chi connectivity index (χ0v) is 33.7. The number of likely N-dealkylation sites (N-methyl/N-ethyl adjacent to an activating group) is 1. The minimum atomic E-state index is -1.53. The lowest BCUT2D eigenvalue weighted by molar-refractivity contribution is -0.384. The second-order valence-electron chi connectivity index (χ2n) is 16.1. The number of nitrogens with zero attached hydrogens (tertiary/aromatic N) is 2. The fourth-order valence-electron chi connectivity index (χ4n) is 8.50. The number of aliphatic hydroxyl groups is 1. The number of rotatable bonds is 9. The third-order valence-corrected chi connectivity index (χ3v) is 11.7. The molecule has 0 unspecified atom stereocenters. The molecule has 3 heterocycles. The Balaban J connectivity index is 1.83. The Kier molecular flexibility index (Phi) is 14.1. The van der Waals surface area contributed by atoms with E-state index in [1.54, 1.807) is 48.5 Å². The van der Waals surface area contributed by atoms with Crippen molar-refractivity contribution in [1.82, 2.24) is 4.90 Å². The maximum atomic E-state index is 14.2. The van der Waals surface area contributed by atoms with Crippen LogP contribution in [0.3, 0.4) is 0 Å². The van der Waals surface area contributed by atoms with Gasteiger partial charge < -0.3 is 43.2 Å². The summed E-state index contributed by atoms with van der Waals surface area (Å²) in [6.45, 7) is 13.6. The third-order valence-electron chi connectivity index (χ3n) is 11.7. The van der Waals surface area contributed by atoms with Gasteiger partial charge in [-0.25, -0.2) is 4.79 Å². The molecule has 1 aromatic carbocycles. The van der Waals surface area contributed by atoms with Gasteiger partial charge in [-0.1, -0.05) is 39.8 Å². The molecule has 1 aromatic rings. The van der Waals surface area contributed by atoms with E-state index in [-0.39, 0.29) is 42.9 Å². The number of nitro benzene ring substituents is 1. The van der Waals surface area contributed by atoms with Crippen LogP contribution >= 0.6 is 0 Å². The predicted molar refractivity (Wildman–Crippen MR) is 196 cm³/mol. The smallest absolute Gasteiger partial charge is 0.461 e. The monoisotopic (exact) mass is 778 g/mol. The molecule has 14 atom stereocenters. The van der Waals surface area contributed by atoms with Gasteiger partial charge in [0.2, 0.25) is 0 Å². The lowest BCUT2D eigenvalue weighted by atomic mass is 9.74. The largest absolute Gasteiger partial charge is 0.509 e. The van der Waals surface area contributed by atoms with Crippen molar-refractivity contribution in [3.05, 3.63) is 39.9 Å². The van der Waals surface area contributed by atoms with Crippen LogP contribution in [0.5, 0.6) is 0 Å². The molecule has 55 heavy (non-hydrogen) atoms. The van der Waals surface area contributed by atoms with Crippen molar-refractivity contribution in [2.75, 3.05) is 21.2 Å². The number of hydrogen-bond donors (Lipinski definition) is 1. The van der Waals surface area contributed by atoms with E-state index in [1.807, 2.05) is 25.9 Å². The molecule has 0 saturated carbocycles. The van der Waals surface area contributed by atoms with Crippen LogP contribution in [0, 0.1) is 33.8 Å². The van der Waals surface area contributed by atoms with Gasteiger partial charge in [0.15, 0.2) is 18.0 Å². The topological polar surface area (TPSA) is 199 Å². The van der Waals surface area contributed by atoms with E-state index >= 15 is 0 Å². The number of esters is 2. The maximum Gasteiger partial charge on any atom is 0.509 e. The second kappa shape index (κ2) is 17.6. The van der Waals surface area contributed by atoms with Gasteiger partial charge >= 0.3 is 18.1 Å². The van der Waals surface area contributed by atoms with E-state index in [4.69, 9.17) is 33.2 Å². The normalized spacial score (nSPS) is 39.0. The molecule has 3 saturated heterocycles.